The molecule has 2 aromatic rings. The lowest BCUT2D eigenvalue weighted by Gasteiger charge is -2.07. The van der Waals surface area contributed by atoms with E-state index in [1.807, 2.05) is 0 Å². The molecule has 1 aromatic heterocycles. The van der Waals surface area contributed by atoms with Gasteiger partial charge < -0.3 is 4.74 Å². The van der Waals surface area contributed by atoms with Crippen LogP contribution in [0.3, 0.4) is 0 Å². The molecule has 7 heteroatoms. The van der Waals surface area contributed by atoms with E-state index < -0.39 is 11.8 Å². The molecule has 0 bridgehead atoms. The fourth-order valence-electron chi connectivity index (χ4n) is 1.49. The second-order valence-corrected chi connectivity index (χ2v) is 4.95. The van der Waals surface area contributed by atoms with E-state index in [1.165, 1.54) is 24.5 Å². The van der Waals surface area contributed by atoms with Crippen LogP contribution < -0.4 is 15.6 Å². The van der Waals surface area contributed by atoms with E-state index in [0.717, 1.165) is 0 Å². The Morgan fingerprint density at radius 1 is 1.20 bits per heavy atom. The zero-order valence-corrected chi connectivity index (χ0v) is 12.0. The van der Waals surface area contributed by atoms with Crippen LogP contribution in [-0.2, 0) is 0 Å². The fraction of sp³-hybridized carbons (Fsp3) is 0.0769. The number of hydrogen-bond acceptors (Lipinski definition) is 4. The monoisotopic (exact) mass is 310 g/mol. The van der Waals surface area contributed by atoms with Crippen molar-refractivity contribution in [3.05, 3.63) is 51.2 Å². The van der Waals surface area contributed by atoms with Gasteiger partial charge >= 0.3 is 0 Å². The van der Waals surface area contributed by atoms with Crippen molar-refractivity contribution in [2.24, 2.45) is 0 Å². The zero-order valence-electron chi connectivity index (χ0n) is 10.5. The maximum absolute atomic E-state index is 11.9. The van der Waals surface area contributed by atoms with Gasteiger partial charge in [0, 0.05) is 21.3 Å². The van der Waals surface area contributed by atoms with E-state index in [0.29, 0.717) is 21.9 Å². The number of hydrazine groups is 1. The van der Waals surface area contributed by atoms with E-state index in [1.54, 1.807) is 29.0 Å². The molecule has 2 rings (SSSR count). The SMILES string of the molecule is COc1cscc1C(=O)NNC(=O)c1cccc(Cl)c1. The van der Waals surface area contributed by atoms with Gasteiger partial charge in [-0.2, -0.15) is 0 Å². The summed E-state index contributed by atoms with van der Waals surface area (Å²) in [5, 5.41) is 3.79. The van der Waals surface area contributed by atoms with Crippen LogP contribution in [0.5, 0.6) is 5.75 Å². The topological polar surface area (TPSA) is 67.4 Å². The van der Waals surface area contributed by atoms with Crippen molar-refractivity contribution >= 4 is 34.8 Å². The van der Waals surface area contributed by atoms with Crippen LogP contribution in [0.25, 0.3) is 0 Å². The van der Waals surface area contributed by atoms with E-state index in [9.17, 15) is 9.59 Å². The predicted molar refractivity (Wildman–Crippen MR) is 77.3 cm³/mol. The third kappa shape index (κ3) is 3.28. The Hall–Kier alpha value is -2.05. The molecular weight excluding hydrogens is 300 g/mol. The molecule has 0 aliphatic heterocycles. The van der Waals surface area contributed by atoms with Crippen molar-refractivity contribution in [2.75, 3.05) is 7.11 Å². The maximum Gasteiger partial charge on any atom is 0.274 e. The lowest BCUT2D eigenvalue weighted by Crippen LogP contribution is -2.41. The Bertz CT molecular complexity index is 642. The Kier molecular flexibility index (Phi) is 4.60. The molecule has 1 aromatic carbocycles. The van der Waals surface area contributed by atoms with E-state index in [4.69, 9.17) is 16.3 Å². The summed E-state index contributed by atoms with van der Waals surface area (Å²) in [5.41, 5.74) is 5.36. The average Bonchev–Trinajstić information content (AvgIpc) is 2.92. The normalized spacial score (nSPS) is 9.90. The van der Waals surface area contributed by atoms with E-state index in [2.05, 4.69) is 10.9 Å². The molecule has 0 atom stereocenters. The molecule has 0 aliphatic carbocycles. The van der Waals surface area contributed by atoms with Gasteiger partial charge in [0.05, 0.1) is 12.7 Å². The number of hydrogen-bond donors (Lipinski definition) is 2. The standard InChI is InChI=1S/C13H11ClN2O3S/c1-19-11-7-20-6-10(11)13(18)16-15-12(17)8-3-2-4-9(14)5-8/h2-7H,1H3,(H,15,17)(H,16,18). The molecule has 0 fully saturated rings. The van der Waals surface area contributed by atoms with Gasteiger partial charge in [0.15, 0.2) is 0 Å². The lowest BCUT2D eigenvalue weighted by atomic mass is 10.2. The van der Waals surface area contributed by atoms with Crippen LogP contribution >= 0.6 is 22.9 Å². The number of rotatable bonds is 3. The van der Waals surface area contributed by atoms with Crippen LogP contribution in [0.15, 0.2) is 35.0 Å². The zero-order chi connectivity index (χ0) is 14.5. The highest BCUT2D eigenvalue weighted by Crippen LogP contribution is 2.22. The molecule has 0 aliphatic rings. The van der Waals surface area contributed by atoms with Crippen molar-refractivity contribution in [1.29, 1.82) is 0 Å². The lowest BCUT2D eigenvalue weighted by molar-refractivity contribution is 0.0845. The maximum atomic E-state index is 11.9. The fourth-order valence-corrected chi connectivity index (χ4v) is 2.46. The number of thiophene rings is 1. The number of nitrogens with one attached hydrogen (secondary N) is 2. The molecule has 2 amide bonds. The number of benzene rings is 1. The van der Waals surface area contributed by atoms with E-state index >= 15 is 0 Å². The Morgan fingerprint density at radius 3 is 2.65 bits per heavy atom. The highest BCUT2D eigenvalue weighted by atomic mass is 35.5. The molecule has 5 nitrogen and oxygen atoms in total. The summed E-state index contributed by atoms with van der Waals surface area (Å²) in [5.74, 6) is -0.432. The van der Waals surface area contributed by atoms with Gasteiger partial charge in [0.25, 0.3) is 11.8 Å². The first kappa shape index (κ1) is 14.4. The summed E-state index contributed by atoms with van der Waals surface area (Å²) >= 11 is 7.13. The number of amides is 2. The summed E-state index contributed by atoms with van der Waals surface area (Å²) in [7, 11) is 1.48. The summed E-state index contributed by atoms with van der Waals surface area (Å²) in [6.07, 6.45) is 0. The van der Waals surface area contributed by atoms with Crippen LogP contribution in [-0.4, -0.2) is 18.9 Å². The first-order valence-electron chi connectivity index (χ1n) is 5.58. The molecular formula is C13H11ClN2O3S. The summed E-state index contributed by atoms with van der Waals surface area (Å²) < 4.78 is 5.03. The largest absolute Gasteiger partial charge is 0.495 e. The summed E-state index contributed by atoms with van der Waals surface area (Å²) in [4.78, 5) is 23.7. The third-order valence-corrected chi connectivity index (χ3v) is 3.42. The minimum absolute atomic E-state index is 0.357. The number of carbonyl (C=O) groups excluding carboxylic acids is 2. The molecule has 0 saturated heterocycles. The number of ether oxygens (including phenoxy) is 1. The van der Waals surface area contributed by atoms with Crippen LogP contribution in [0.4, 0.5) is 0 Å². The van der Waals surface area contributed by atoms with Gasteiger partial charge in [-0.15, -0.1) is 11.3 Å². The highest BCUT2D eigenvalue weighted by Gasteiger charge is 2.14. The predicted octanol–water partition coefficient (Wildman–Crippen LogP) is 2.48. The van der Waals surface area contributed by atoms with Gasteiger partial charge in [0.1, 0.15) is 5.75 Å². The van der Waals surface area contributed by atoms with Crippen LogP contribution in [0, 0.1) is 0 Å². The smallest absolute Gasteiger partial charge is 0.274 e. The summed E-state index contributed by atoms with van der Waals surface area (Å²) in [6, 6.07) is 6.42. The third-order valence-electron chi connectivity index (χ3n) is 2.47. The van der Waals surface area contributed by atoms with Crippen molar-refractivity contribution in [1.82, 2.24) is 10.9 Å². The van der Waals surface area contributed by atoms with Gasteiger partial charge in [-0.3, -0.25) is 20.4 Å². The molecule has 2 N–H and O–H groups in total. The van der Waals surface area contributed by atoms with Crippen LogP contribution in [0.1, 0.15) is 20.7 Å². The highest BCUT2D eigenvalue weighted by molar-refractivity contribution is 7.08. The second-order valence-electron chi connectivity index (χ2n) is 3.77. The molecule has 0 radical (unpaired) electrons. The van der Waals surface area contributed by atoms with Crippen molar-refractivity contribution < 1.29 is 14.3 Å². The molecule has 0 spiro atoms. The molecule has 0 saturated carbocycles. The molecule has 20 heavy (non-hydrogen) atoms. The number of methoxy groups -OCH3 is 1. The number of carbonyl (C=O) groups is 2. The molecule has 1 heterocycles. The minimum Gasteiger partial charge on any atom is -0.495 e. The number of halogens is 1. The molecule has 104 valence electrons. The summed E-state index contributed by atoms with van der Waals surface area (Å²) in [6.45, 7) is 0. The van der Waals surface area contributed by atoms with Crippen molar-refractivity contribution in [3.8, 4) is 5.75 Å². The van der Waals surface area contributed by atoms with Gasteiger partial charge in [0.2, 0.25) is 0 Å². The Morgan fingerprint density at radius 2 is 1.95 bits per heavy atom. The first-order valence-corrected chi connectivity index (χ1v) is 6.90. The average molecular weight is 311 g/mol. The van der Waals surface area contributed by atoms with Gasteiger partial charge in [-0.05, 0) is 18.2 Å². The Balaban J connectivity index is 1.98. The second kappa shape index (κ2) is 6.40. The van der Waals surface area contributed by atoms with E-state index in [-0.39, 0.29) is 0 Å². The minimum atomic E-state index is -0.449. The van der Waals surface area contributed by atoms with Crippen LogP contribution in [0.2, 0.25) is 5.02 Å². The van der Waals surface area contributed by atoms with Gasteiger partial charge in [-0.1, -0.05) is 17.7 Å². The Labute approximate surface area is 124 Å². The first-order chi connectivity index (χ1) is 9.61. The van der Waals surface area contributed by atoms with Crippen molar-refractivity contribution in [3.63, 3.8) is 0 Å². The quantitative estimate of drug-likeness (QED) is 0.856. The van der Waals surface area contributed by atoms with Gasteiger partial charge in [-0.25, -0.2) is 0 Å². The molecule has 0 unspecified atom stereocenters. The van der Waals surface area contributed by atoms with Crippen molar-refractivity contribution in [2.45, 2.75) is 0 Å².